The van der Waals surface area contributed by atoms with Gasteiger partial charge in [0.15, 0.2) is 5.96 Å². The van der Waals surface area contributed by atoms with Crippen LogP contribution in [0.2, 0.25) is 0 Å². The molecule has 3 rings (SSSR count). The molecule has 0 bridgehead atoms. The SMILES string of the molecule is CCNC(=NCc1cccc(CN(C)CC)c1)NC1CCN(Cc2ccccc2)CC1. The van der Waals surface area contributed by atoms with Crippen molar-refractivity contribution < 1.29 is 0 Å². The second-order valence-electron chi connectivity index (χ2n) is 8.53. The van der Waals surface area contributed by atoms with Gasteiger partial charge in [0.2, 0.25) is 0 Å². The van der Waals surface area contributed by atoms with E-state index < -0.39 is 0 Å². The molecule has 0 atom stereocenters. The summed E-state index contributed by atoms with van der Waals surface area (Å²) < 4.78 is 0. The average molecular weight is 422 g/mol. The molecule has 1 aliphatic rings. The molecule has 1 fully saturated rings. The molecule has 0 radical (unpaired) electrons. The predicted octanol–water partition coefficient (Wildman–Crippen LogP) is 3.86. The third kappa shape index (κ3) is 8.00. The zero-order valence-corrected chi connectivity index (χ0v) is 19.5. The van der Waals surface area contributed by atoms with Gasteiger partial charge in [-0.25, -0.2) is 4.99 Å². The van der Waals surface area contributed by atoms with E-state index in [0.29, 0.717) is 12.6 Å². The Hall–Kier alpha value is -2.37. The number of guanidine groups is 1. The Balaban J connectivity index is 1.50. The normalized spacial score (nSPS) is 15.9. The van der Waals surface area contributed by atoms with E-state index in [0.717, 1.165) is 58.1 Å². The maximum atomic E-state index is 4.87. The smallest absolute Gasteiger partial charge is 0.191 e. The van der Waals surface area contributed by atoms with Crippen LogP contribution in [0.25, 0.3) is 0 Å². The highest BCUT2D eigenvalue weighted by molar-refractivity contribution is 5.80. The largest absolute Gasteiger partial charge is 0.357 e. The number of aliphatic imine (C=N–C) groups is 1. The van der Waals surface area contributed by atoms with Gasteiger partial charge < -0.3 is 15.5 Å². The van der Waals surface area contributed by atoms with Gasteiger partial charge in [-0.2, -0.15) is 0 Å². The van der Waals surface area contributed by atoms with Crippen molar-refractivity contribution in [3.63, 3.8) is 0 Å². The lowest BCUT2D eigenvalue weighted by molar-refractivity contribution is 0.198. The highest BCUT2D eigenvalue weighted by atomic mass is 15.2. The molecule has 0 aromatic heterocycles. The van der Waals surface area contributed by atoms with Crippen molar-refractivity contribution in [1.29, 1.82) is 0 Å². The molecule has 1 aliphatic heterocycles. The van der Waals surface area contributed by atoms with Gasteiger partial charge in [-0.1, -0.05) is 61.5 Å². The van der Waals surface area contributed by atoms with E-state index in [1.165, 1.54) is 16.7 Å². The van der Waals surface area contributed by atoms with Crippen molar-refractivity contribution in [2.24, 2.45) is 4.99 Å². The molecular formula is C26H39N5. The molecule has 0 aliphatic carbocycles. The summed E-state index contributed by atoms with van der Waals surface area (Å²) >= 11 is 0. The number of hydrogen-bond donors (Lipinski definition) is 2. The zero-order valence-electron chi connectivity index (χ0n) is 19.5. The molecule has 5 nitrogen and oxygen atoms in total. The number of likely N-dealkylation sites (tertiary alicyclic amines) is 1. The molecule has 168 valence electrons. The molecule has 31 heavy (non-hydrogen) atoms. The highest BCUT2D eigenvalue weighted by Crippen LogP contribution is 2.14. The fourth-order valence-corrected chi connectivity index (χ4v) is 4.01. The van der Waals surface area contributed by atoms with Crippen LogP contribution in [-0.4, -0.2) is 55.0 Å². The van der Waals surface area contributed by atoms with Crippen LogP contribution in [0.5, 0.6) is 0 Å². The predicted molar refractivity (Wildman–Crippen MR) is 131 cm³/mol. The van der Waals surface area contributed by atoms with E-state index in [9.17, 15) is 0 Å². The van der Waals surface area contributed by atoms with Gasteiger partial charge in [0, 0.05) is 38.8 Å². The van der Waals surface area contributed by atoms with Crippen molar-refractivity contribution in [1.82, 2.24) is 20.4 Å². The van der Waals surface area contributed by atoms with Crippen LogP contribution >= 0.6 is 0 Å². The van der Waals surface area contributed by atoms with Crippen LogP contribution in [0.3, 0.4) is 0 Å². The molecule has 2 N–H and O–H groups in total. The second kappa shape index (κ2) is 12.5. The monoisotopic (exact) mass is 421 g/mol. The van der Waals surface area contributed by atoms with E-state index in [1.54, 1.807) is 0 Å². The minimum atomic E-state index is 0.481. The van der Waals surface area contributed by atoms with Crippen LogP contribution in [0.15, 0.2) is 59.6 Å². The third-order valence-electron chi connectivity index (χ3n) is 5.93. The number of rotatable bonds is 9. The third-order valence-corrected chi connectivity index (χ3v) is 5.93. The summed E-state index contributed by atoms with van der Waals surface area (Å²) in [4.78, 5) is 9.74. The Kier molecular flexibility index (Phi) is 9.38. The molecule has 1 saturated heterocycles. The van der Waals surface area contributed by atoms with Crippen molar-refractivity contribution in [3.8, 4) is 0 Å². The van der Waals surface area contributed by atoms with Crippen LogP contribution in [0, 0.1) is 0 Å². The average Bonchev–Trinajstić information content (AvgIpc) is 2.80. The maximum Gasteiger partial charge on any atom is 0.191 e. The topological polar surface area (TPSA) is 42.9 Å². The van der Waals surface area contributed by atoms with E-state index in [2.05, 4.69) is 95.9 Å². The van der Waals surface area contributed by atoms with Gasteiger partial charge >= 0.3 is 0 Å². The van der Waals surface area contributed by atoms with Gasteiger partial charge in [-0.3, -0.25) is 4.90 Å². The molecule has 2 aromatic carbocycles. The van der Waals surface area contributed by atoms with E-state index >= 15 is 0 Å². The molecule has 0 amide bonds. The Morgan fingerprint density at radius 1 is 1.00 bits per heavy atom. The summed E-state index contributed by atoms with van der Waals surface area (Å²) in [6, 6.07) is 20.0. The summed E-state index contributed by atoms with van der Waals surface area (Å²) in [6.07, 6.45) is 2.30. The molecular weight excluding hydrogens is 382 g/mol. The standard InChI is InChI=1S/C26H39N5/c1-4-27-26(28-19-23-12-9-13-24(18-23)20-30(3)5-2)29-25-14-16-31(17-15-25)21-22-10-7-6-8-11-22/h6-13,18,25H,4-5,14-17,19-21H2,1-3H3,(H2,27,28,29). The Morgan fingerprint density at radius 2 is 1.71 bits per heavy atom. The quantitative estimate of drug-likeness (QED) is 0.477. The van der Waals surface area contributed by atoms with Crippen molar-refractivity contribution in [2.45, 2.75) is 52.4 Å². The molecule has 0 spiro atoms. The number of piperidine rings is 1. The van der Waals surface area contributed by atoms with Crippen LogP contribution in [0.1, 0.15) is 43.4 Å². The van der Waals surface area contributed by atoms with E-state index in [1.807, 2.05) is 0 Å². The minimum Gasteiger partial charge on any atom is -0.357 e. The minimum absolute atomic E-state index is 0.481. The number of nitrogens with zero attached hydrogens (tertiary/aromatic N) is 3. The van der Waals surface area contributed by atoms with Crippen molar-refractivity contribution in [3.05, 3.63) is 71.3 Å². The van der Waals surface area contributed by atoms with Crippen LogP contribution < -0.4 is 10.6 Å². The first-order valence-electron chi connectivity index (χ1n) is 11.7. The van der Waals surface area contributed by atoms with Crippen LogP contribution in [-0.2, 0) is 19.6 Å². The van der Waals surface area contributed by atoms with Gasteiger partial charge in [-0.05, 0) is 50.0 Å². The number of benzene rings is 2. The maximum absolute atomic E-state index is 4.87. The molecule has 2 aromatic rings. The first-order valence-corrected chi connectivity index (χ1v) is 11.7. The molecule has 0 saturated carbocycles. The zero-order chi connectivity index (χ0) is 21.9. The van der Waals surface area contributed by atoms with Crippen molar-refractivity contribution >= 4 is 5.96 Å². The summed E-state index contributed by atoms with van der Waals surface area (Å²) in [5.74, 6) is 0.931. The van der Waals surface area contributed by atoms with Crippen molar-refractivity contribution in [2.75, 3.05) is 33.2 Å². The number of nitrogens with one attached hydrogen (secondary N) is 2. The summed E-state index contributed by atoms with van der Waals surface area (Å²) in [6.45, 7) is 11.2. The molecule has 1 heterocycles. The Labute approximate surface area is 188 Å². The van der Waals surface area contributed by atoms with Gasteiger partial charge in [0.1, 0.15) is 0 Å². The fraction of sp³-hybridized carbons (Fsp3) is 0.500. The van der Waals surface area contributed by atoms with E-state index in [-0.39, 0.29) is 0 Å². The van der Waals surface area contributed by atoms with Gasteiger partial charge in [0.05, 0.1) is 6.54 Å². The Bertz CT molecular complexity index is 796. The summed E-state index contributed by atoms with van der Waals surface area (Å²) in [5, 5.41) is 7.10. The molecule has 0 unspecified atom stereocenters. The lowest BCUT2D eigenvalue weighted by Crippen LogP contribution is -2.48. The second-order valence-corrected chi connectivity index (χ2v) is 8.53. The number of hydrogen-bond acceptors (Lipinski definition) is 3. The fourth-order valence-electron chi connectivity index (χ4n) is 4.01. The van der Waals surface area contributed by atoms with Crippen LogP contribution in [0.4, 0.5) is 0 Å². The van der Waals surface area contributed by atoms with E-state index in [4.69, 9.17) is 4.99 Å². The first kappa shape index (κ1) is 23.3. The first-order chi connectivity index (χ1) is 15.2. The molecule has 5 heteroatoms. The summed E-state index contributed by atoms with van der Waals surface area (Å²) in [5.41, 5.74) is 4.01. The lowest BCUT2D eigenvalue weighted by Gasteiger charge is -2.33. The van der Waals surface area contributed by atoms with Gasteiger partial charge in [-0.15, -0.1) is 0 Å². The Morgan fingerprint density at radius 3 is 2.42 bits per heavy atom. The lowest BCUT2D eigenvalue weighted by atomic mass is 10.0. The summed E-state index contributed by atoms with van der Waals surface area (Å²) in [7, 11) is 2.16. The highest BCUT2D eigenvalue weighted by Gasteiger charge is 2.20. The van der Waals surface area contributed by atoms with Gasteiger partial charge in [0.25, 0.3) is 0 Å².